The van der Waals surface area contributed by atoms with Crippen LogP contribution in [-0.2, 0) is 17.7 Å². The van der Waals surface area contributed by atoms with Gasteiger partial charge in [0.25, 0.3) is 0 Å². The van der Waals surface area contributed by atoms with E-state index in [-0.39, 0.29) is 0 Å². The quantitative estimate of drug-likeness (QED) is 0.885. The maximum Gasteiger partial charge on any atom is 0.122 e. The monoisotopic (exact) mass is 247 g/mol. The molecule has 0 aliphatic carbocycles. The van der Waals surface area contributed by atoms with E-state index in [4.69, 9.17) is 9.47 Å². The third-order valence-electron chi connectivity index (χ3n) is 3.70. The molecule has 0 spiro atoms. The molecule has 2 heterocycles. The van der Waals surface area contributed by atoms with Crippen molar-refractivity contribution in [3.05, 3.63) is 29.3 Å². The van der Waals surface area contributed by atoms with Gasteiger partial charge in [0.05, 0.1) is 12.7 Å². The van der Waals surface area contributed by atoms with Gasteiger partial charge in [-0.2, -0.15) is 0 Å². The zero-order chi connectivity index (χ0) is 12.2. The average molecular weight is 247 g/mol. The molecule has 1 aromatic carbocycles. The van der Waals surface area contributed by atoms with Crippen molar-refractivity contribution < 1.29 is 9.47 Å². The number of fused-ring (bicyclic) bond motifs is 1. The molecule has 0 bridgehead atoms. The van der Waals surface area contributed by atoms with Gasteiger partial charge >= 0.3 is 0 Å². The molecule has 0 saturated carbocycles. The minimum atomic E-state index is 0.422. The molecule has 0 amide bonds. The lowest BCUT2D eigenvalue weighted by Crippen LogP contribution is -2.25. The summed E-state index contributed by atoms with van der Waals surface area (Å²) in [5, 5.41) is 3.48. The molecule has 18 heavy (non-hydrogen) atoms. The van der Waals surface area contributed by atoms with Crippen molar-refractivity contribution >= 4 is 0 Å². The van der Waals surface area contributed by atoms with Gasteiger partial charge in [-0.05, 0) is 42.9 Å². The summed E-state index contributed by atoms with van der Waals surface area (Å²) in [6, 6.07) is 6.54. The molecule has 3 heteroatoms. The van der Waals surface area contributed by atoms with Gasteiger partial charge in [-0.3, -0.25) is 0 Å². The van der Waals surface area contributed by atoms with Gasteiger partial charge in [-0.1, -0.05) is 12.1 Å². The number of ether oxygens (including phenoxy) is 2. The summed E-state index contributed by atoms with van der Waals surface area (Å²) in [5.74, 6) is 1.07. The van der Waals surface area contributed by atoms with Gasteiger partial charge in [0.2, 0.25) is 0 Å². The predicted octanol–water partition coefficient (Wildman–Crippen LogP) is 2.28. The zero-order valence-corrected chi connectivity index (χ0v) is 10.8. The first-order chi connectivity index (χ1) is 8.92. The van der Waals surface area contributed by atoms with Crippen molar-refractivity contribution in [2.45, 2.75) is 38.3 Å². The van der Waals surface area contributed by atoms with Crippen LogP contribution >= 0.6 is 0 Å². The highest BCUT2D eigenvalue weighted by atomic mass is 16.5. The minimum absolute atomic E-state index is 0.422. The summed E-state index contributed by atoms with van der Waals surface area (Å²) in [4.78, 5) is 0. The summed E-state index contributed by atoms with van der Waals surface area (Å²) in [6.45, 7) is 3.69. The largest absolute Gasteiger partial charge is 0.493 e. The third kappa shape index (κ3) is 2.85. The Hall–Kier alpha value is -1.06. The predicted molar refractivity (Wildman–Crippen MR) is 70.9 cm³/mol. The Kier molecular flexibility index (Phi) is 3.81. The highest BCUT2D eigenvalue weighted by molar-refractivity contribution is 5.38. The molecule has 1 atom stereocenters. The molecule has 1 unspecified atom stereocenters. The molecule has 2 aliphatic heterocycles. The van der Waals surface area contributed by atoms with E-state index in [0.717, 1.165) is 44.9 Å². The number of rotatable bonds is 4. The lowest BCUT2D eigenvalue weighted by Gasteiger charge is -2.18. The van der Waals surface area contributed by atoms with Crippen molar-refractivity contribution in [1.29, 1.82) is 0 Å². The fourth-order valence-corrected chi connectivity index (χ4v) is 2.71. The Morgan fingerprint density at radius 1 is 1.22 bits per heavy atom. The molecular weight excluding hydrogens is 226 g/mol. The molecule has 3 rings (SSSR count). The van der Waals surface area contributed by atoms with Crippen LogP contribution in [0, 0.1) is 0 Å². The van der Waals surface area contributed by atoms with E-state index in [2.05, 4.69) is 23.5 Å². The molecule has 3 nitrogen and oxygen atoms in total. The molecule has 2 aliphatic rings. The van der Waals surface area contributed by atoms with E-state index >= 15 is 0 Å². The topological polar surface area (TPSA) is 30.5 Å². The summed E-state index contributed by atoms with van der Waals surface area (Å²) in [7, 11) is 0. The summed E-state index contributed by atoms with van der Waals surface area (Å²) in [5.41, 5.74) is 2.70. The van der Waals surface area contributed by atoms with Gasteiger partial charge < -0.3 is 14.8 Å². The van der Waals surface area contributed by atoms with Gasteiger partial charge in [0.1, 0.15) is 5.75 Å². The second-order valence-electron chi connectivity index (χ2n) is 5.16. The van der Waals surface area contributed by atoms with Crippen LogP contribution in [0.25, 0.3) is 0 Å². The van der Waals surface area contributed by atoms with Crippen LogP contribution in [0.5, 0.6) is 5.75 Å². The zero-order valence-electron chi connectivity index (χ0n) is 10.8. The van der Waals surface area contributed by atoms with Gasteiger partial charge in [-0.25, -0.2) is 0 Å². The number of benzene rings is 1. The van der Waals surface area contributed by atoms with Crippen LogP contribution in [0.2, 0.25) is 0 Å². The molecular formula is C15H21NO2. The van der Waals surface area contributed by atoms with Crippen molar-refractivity contribution in [1.82, 2.24) is 5.32 Å². The van der Waals surface area contributed by atoms with Crippen molar-refractivity contribution in [3.8, 4) is 5.75 Å². The van der Waals surface area contributed by atoms with Crippen LogP contribution in [-0.4, -0.2) is 25.9 Å². The second kappa shape index (κ2) is 5.72. The fourth-order valence-electron chi connectivity index (χ4n) is 2.71. The van der Waals surface area contributed by atoms with E-state index in [1.165, 1.54) is 24.0 Å². The highest BCUT2D eigenvalue weighted by Gasteiger charge is 2.15. The molecule has 1 N–H and O–H groups in total. The molecule has 0 aromatic heterocycles. The van der Waals surface area contributed by atoms with Crippen LogP contribution < -0.4 is 10.1 Å². The Balaban J connectivity index is 1.52. The normalized spacial score (nSPS) is 22.6. The number of hydrogen-bond donors (Lipinski definition) is 1. The number of hydrogen-bond acceptors (Lipinski definition) is 3. The fraction of sp³-hybridized carbons (Fsp3) is 0.600. The molecule has 1 saturated heterocycles. The number of nitrogens with one attached hydrogen (secondary N) is 1. The Morgan fingerprint density at radius 2 is 2.22 bits per heavy atom. The van der Waals surface area contributed by atoms with Crippen molar-refractivity contribution in [2.75, 3.05) is 19.8 Å². The summed E-state index contributed by atoms with van der Waals surface area (Å²) >= 11 is 0. The smallest absolute Gasteiger partial charge is 0.122 e. The maximum absolute atomic E-state index is 5.62. The van der Waals surface area contributed by atoms with E-state index in [1.807, 2.05) is 0 Å². The summed E-state index contributed by atoms with van der Waals surface area (Å²) in [6.07, 6.45) is 5.12. The Bertz CT molecular complexity index is 399. The van der Waals surface area contributed by atoms with Crippen LogP contribution in [0.15, 0.2) is 18.2 Å². The first-order valence-corrected chi connectivity index (χ1v) is 6.99. The van der Waals surface area contributed by atoms with Crippen LogP contribution in [0.1, 0.15) is 30.4 Å². The van der Waals surface area contributed by atoms with E-state index in [1.54, 1.807) is 0 Å². The Morgan fingerprint density at radius 3 is 3.11 bits per heavy atom. The van der Waals surface area contributed by atoms with Crippen LogP contribution in [0.4, 0.5) is 0 Å². The number of aryl methyl sites for hydroxylation is 1. The Labute approximate surface area is 108 Å². The average Bonchev–Trinajstić information content (AvgIpc) is 2.92. The SMILES string of the molecule is c1cc2c(cc1CNCC1CCCO1)CCCO2. The molecule has 1 fully saturated rings. The van der Waals surface area contributed by atoms with Crippen molar-refractivity contribution in [2.24, 2.45) is 0 Å². The van der Waals surface area contributed by atoms with Crippen LogP contribution in [0.3, 0.4) is 0 Å². The molecule has 0 radical (unpaired) electrons. The lowest BCUT2D eigenvalue weighted by atomic mass is 10.0. The molecule has 1 aromatic rings. The third-order valence-corrected chi connectivity index (χ3v) is 3.70. The standard InChI is InChI=1S/C15H21NO2/c1-3-13-9-12(5-6-15(13)18-8-1)10-16-11-14-4-2-7-17-14/h5-6,9,14,16H,1-4,7-8,10-11H2. The first-order valence-electron chi connectivity index (χ1n) is 6.99. The first kappa shape index (κ1) is 12.0. The van der Waals surface area contributed by atoms with E-state index < -0.39 is 0 Å². The van der Waals surface area contributed by atoms with E-state index in [9.17, 15) is 0 Å². The molecule has 98 valence electrons. The van der Waals surface area contributed by atoms with Gasteiger partial charge in [0.15, 0.2) is 0 Å². The van der Waals surface area contributed by atoms with Gasteiger partial charge in [-0.15, -0.1) is 0 Å². The second-order valence-corrected chi connectivity index (χ2v) is 5.16. The maximum atomic E-state index is 5.62. The van der Waals surface area contributed by atoms with Gasteiger partial charge in [0, 0.05) is 19.7 Å². The lowest BCUT2D eigenvalue weighted by molar-refractivity contribution is 0.110. The summed E-state index contributed by atoms with van der Waals surface area (Å²) < 4.78 is 11.2. The van der Waals surface area contributed by atoms with Crippen molar-refractivity contribution in [3.63, 3.8) is 0 Å². The minimum Gasteiger partial charge on any atom is -0.493 e. The van der Waals surface area contributed by atoms with E-state index in [0.29, 0.717) is 6.10 Å². The highest BCUT2D eigenvalue weighted by Crippen LogP contribution is 2.25.